The molecule has 1 N–H and O–H groups in total. The smallest absolute Gasteiger partial charge is 0.271 e. The lowest BCUT2D eigenvalue weighted by atomic mass is 10.2. The molecule has 0 aliphatic heterocycles. The second-order valence-corrected chi connectivity index (χ2v) is 8.86. The zero-order valence-corrected chi connectivity index (χ0v) is 22.0. The summed E-state index contributed by atoms with van der Waals surface area (Å²) in [7, 11) is 0. The molecule has 3 aromatic rings. The van der Waals surface area contributed by atoms with Crippen LogP contribution in [0.25, 0.3) is 0 Å². The first-order valence-corrected chi connectivity index (χ1v) is 12.2. The van der Waals surface area contributed by atoms with Crippen LogP contribution in [0.4, 0.5) is 0 Å². The Balaban J connectivity index is 1.70. The van der Waals surface area contributed by atoms with Crippen LogP contribution in [0.15, 0.2) is 76.8 Å². The molecule has 35 heavy (non-hydrogen) atoms. The molecule has 9 heteroatoms. The summed E-state index contributed by atoms with van der Waals surface area (Å²) in [6.07, 6.45) is 3.14. The number of hydrogen-bond acceptors (Lipinski definition) is 5. The zero-order chi connectivity index (χ0) is 25.2. The van der Waals surface area contributed by atoms with E-state index in [9.17, 15) is 4.79 Å². The van der Waals surface area contributed by atoms with Crippen LogP contribution in [-0.2, 0) is 6.61 Å². The standard InChI is InChI=1S/C26H23BrCl2N2O4/c1-3-11-34-24-9-6-17(13-25(24)33-4-2)26(32)31-30-15-19-12-20(27)7-10-23(19)35-16-18-5-8-21(28)14-22(18)29/h3,5-10,12-15H,1,4,11,16H2,2H3,(H,31,32)/b30-15+. The number of carbonyl (C=O) groups excluding carboxylic acids is 1. The molecule has 0 aromatic heterocycles. The molecule has 0 aliphatic carbocycles. The van der Waals surface area contributed by atoms with E-state index < -0.39 is 5.91 Å². The number of ether oxygens (including phenoxy) is 3. The highest BCUT2D eigenvalue weighted by atomic mass is 79.9. The highest BCUT2D eigenvalue weighted by molar-refractivity contribution is 9.10. The maximum atomic E-state index is 12.6. The summed E-state index contributed by atoms with van der Waals surface area (Å²) in [5, 5.41) is 5.17. The number of hydrazone groups is 1. The number of amides is 1. The van der Waals surface area contributed by atoms with E-state index in [-0.39, 0.29) is 6.61 Å². The fourth-order valence-corrected chi connectivity index (χ4v) is 3.80. The van der Waals surface area contributed by atoms with Gasteiger partial charge >= 0.3 is 0 Å². The second-order valence-electron chi connectivity index (χ2n) is 7.10. The molecule has 0 fully saturated rings. The van der Waals surface area contributed by atoms with Crippen LogP contribution in [0.5, 0.6) is 17.2 Å². The second kappa shape index (κ2) is 13.2. The average molecular weight is 578 g/mol. The molecule has 0 aliphatic rings. The summed E-state index contributed by atoms with van der Waals surface area (Å²) in [5.41, 5.74) is 4.35. The van der Waals surface area contributed by atoms with Crippen molar-refractivity contribution in [2.75, 3.05) is 13.2 Å². The van der Waals surface area contributed by atoms with Crippen molar-refractivity contribution in [3.8, 4) is 17.2 Å². The number of benzene rings is 3. The lowest BCUT2D eigenvalue weighted by Gasteiger charge is -2.12. The van der Waals surface area contributed by atoms with Gasteiger partial charge in [0.1, 0.15) is 19.0 Å². The third-order valence-corrected chi connectivity index (χ3v) is 5.68. The lowest BCUT2D eigenvalue weighted by Crippen LogP contribution is -2.18. The minimum atomic E-state index is -0.400. The quantitative estimate of drug-likeness (QED) is 0.150. The van der Waals surface area contributed by atoms with Gasteiger partial charge in [0.05, 0.1) is 12.8 Å². The van der Waals surface area contributed by atoms with Crippen molar-refractivity contribution in [1.29, 1.82) is 0 Å². The lowest BCUT2D eigenvalue weighted by molar-refractivity contribution is 0.0954. The van der Waals surface area contributed by atoms with Crippen LogP contribution >= 0.6 is 39.1 Å². The SMILES string of the molecule is C=CCOc1ccc(C(=O)N/N=C/c2cc(Br)ccc2OCc2ccc(Cl)cc2Cl)cc1OCC. The fraction of sp³-hybridized carbons (Fsp3) is 0.154. The topological polar surface area (TPSA) is 69.2 Å². The van der Waals surface area contributed by atoms with E-state index in [1.54, 1.807) is 42.5 Å². The number of nitrogens with one attached hydrogen (secondary N) is 1. The summed E-state index contributed by atoms with van der Waals surface area (Å²) in [4.78, 5) is 12.6. The summed E-state index contributed by atoms with van der Waals surface area (Å²) in [6.45, 7) is 6.49. The van der Waals surface area contributed by atoms with Crippen molar-refractivity contribution in [2.45, 2.75) is 13.5 Å². The van der Waals surface area contributed by atoms with Gasteiger partial charge in [-0.3, -0.25) is 4.79 Å². The van der Waals surface area contributed by atoms with Crippen LogP contribution in [-0.4, -0.2) is 25.3 Å². The first-order valence-electron chi connectivity index (χ1n) is 10.6. The molecule has 3 rings (SSSR count). The molecule has 0 saturated carbocycles. The van der Waals surface area contributed by atoms with Crippen LogP contribution in [0.1, 0.15) is 28.4 Å². The molecule has 1 amide bonds. The Labute approximate surface area is 222 Å². The third kappa shape index (κ3) is 7.75. The van der Waals surface area contributed by atoms with Crippen molar-refractivity contribution in [3.05, 3.63) is 98.5 Å². The van der Waals surface area contributed by atoms with E-state index in [0.29, 0.717) is 51.6 Å². The summed E-state index contributed by atoms with van der Waals surface area (Å²) < 4.78 is 17.9. The molecule has 0 atom stereocenters. The molecule has 0 spiro atoms. The Morgan fingerprint density at radius 1 is 1.03 bits per heavy atom. The van der Waals surface area contributed by atoms with Gasteiger partial charge in [-0.25, -0.2) is 5.43 Å². The van der Waals surface area contributed by atoms with Gasteiger partial charge in [0.2, 0.25) is 0 Å². The van der Waals surface area contributed by atoms with E-state index in [1.807, 2.05) is 25.1 Å². The Kier molecular flexibility index (Phi) is 10.0. The summed E-state index contributed by atoms with van der Waals surface area (Å²) >= 11 is 15.6. The molecule has 0 saturated heterocycles. The van der Waals surface area contributed by atoms with E-state index in [2.05, 4.69) is 33.0 Å². The Morgan fingerprint density at radius 3 is 2.57 bits per heavy atom. The minimum Gasteiger partial charge on any atom is -0.490 e. The van der Waals surface area contributed by atoms with Gasteiger partial charge in [-0.2, -0.15) is 5.10 Å². The number of nitrogens with zero attached hydrogens (tertiary/aromatic N) is 1. The van der Waals surface area contributed by atoms with Crippen LogP contribution < -0.4 is 19.6 Å². The number of hydrogen-bond donors (Lipinski definition) is 1. The predicted molar refractivity (Wildman–Crippen MR) is 143 cm³/mol. The van der Waals surface area contributed by atoms with Crippen LogP contribution in [0, 0.1) is 0 Å². The van der Waals surface area contributed by atoms with E-state index in [1.165, 1.54) is 6.21 Å². The predicted octanol–water partition coefficient (Wildman–Crippen LogP) is 7.06. The normalized spacial score (nSPS) is 10.7. The van der Waals surface area contributed by atoms with Crippen molar-refractivity contribution in [3.63, 3.8) is 0 Å². The Morgan fingerprint density at radius 2 is 1.83 bits per heavy atom. The van der Waals surface area contributed by atoms with Crippen LogP contribution in [0.2, 0.25) is 10.0 Å². The monoisotopic (exact) mass is 576 g/mol. The molecule has 0 unspecified atom stereocenters. The highest BCUT2D eigenvalue weighted by Crippen LogP contribution is 2.29. The molecular formula is C26H23BrCl2N2O4. The van der Waals surface area contributed by atoms with Gasteiger partial charge in [-0.1, -0.05) is 57.9 Å². The van der Waals surface area contributed by atoms with Gasteiger partial charge in [-0.15, -0.1) is 0 Å². The molecule has 182 valence electrons. The van der Waals surface area contributed by atoms with Crippen LogP contribution in [0.3, 0.4) is 0 Å². The number of rotatable bonds is 11. The van der Waals surface area contributed by atoms with Crippen molar-refractivity contribution in [1.82, 2.24) is 5.43 Å². The van der Waals surface area contributed by atoms with E-state index >= 15 is 0 Å². The number of halogens is 3. The molecule has 0 heterocycles. The minimum absolute atomic E-state index is 0.241. The van der Waals surface area contributed by atoms with Gasteiger partial charge in [-0.05, 0) is 55.5 Å². The summed E-state index contributed by atoms with van der Waals surface area (Å²) in [5.74, 6) is 1.17. The van der Waals surface area contributed by atoms with Crippen molar-refractivity contribution < 1.29 is 19.0 Å². The van der Waals surface area contributed by atoms with Gasteiger partial charge in [0.15, 0.2) is 11.5 Å². The van der Waals surface area contributed by atoms with Crippen molar-refractivity contribution in [2.24, 2.45) is 5.10 Å². The zero-order valence-electron chi connectivity index (χ0n) is 18.9. The highest BCUT2D eigenvalue weighted by Gasteiger charge is 2.12. The first-order chi connectivity index (χ1) is 16.9. The average Bonchev–Trinajstić information content (AvgIpc) is 2.83. The maximum absolute atomic E-state index is 12.6. The largest absolute Gasteiger partial charge is 0.490 e. The Hall–Kier alpha value is -3.00. The van der Waals surface area contributed by atoms with Crippen molar-refractivity contribution >= 4 is 51.3 Å². The third-order valence-electron chi connectivity index (χ3n) is 4.60. The molecule has 0 bridgehead atoms. The fourth-order valence-electron chi connectivity index (χ4n) is 2.96. The Bertz CT molecular complexity index is 1230. The number of carbonyl (C=O) groups is 1. The molecular weight excluding hydrogens is 555 g/mol. The van der Waals surface area contributed by atoms with E-state index in [4.69, 9.17) is 37.4 Å². The summed E-state index contributed by atoms with van der Waals surface area (Å²) in [6, 6.07) is 15.6. The first kappa shape index (κ1) is 26.6. The van der Waals surface area contributed by atoms with Gasteiger partial charge < -0.3 is 14.2 Å². The molecule has 6 nitrogen and oxygen atoms in total. The van der Waals surface area contributed by atoms with Gasteiger partial charge in [0.25, 0.3) is 5.91 Å². The van der Waals surface area contributed by atoms with E-state index in [0.717, 1.165) is 10.0 Å². The molecule has 0 radical (unpaired) electrons. The molecule has 3 aromatic carbocycles. The maximum Gasteiger partial charge on any atom is 0.271 e. The van der Waals surface area contributed by atoms with Gasteiger partial charge in [0, 0.05) is 31.2 Å².